The van der Waals surface area contributed by atoms with Crippen LogP contribution >= 0.6 is 22.9 Å². The first kappa shape index (κ1) is 27.1. The van der Waals surface area contributed by atoms with Gasteiger partial charge in [-0.15, -0.1) is 0 Å². The zero-order valence-electron chi connectivity index (χ0n) is 21.5. The van der Waals surface area contributed by atoms with Crippen LogP contribution in [0.4, 0.5) is 5.69 Å². The molecule has 0 saturated carbocycles. The second-order valence-electron chi connectivity index (χ2n) is 8.70. The number of thiazole rings is 1. The Morgan fingerprint density at radius 2 is 1.98 bits per heavy atom. The fraction of sp³-hybridized carbons (Fsp3) is 0.179. The van der Waals surface area contributed by atoms with Crippen molar-refractivity contribution < 1.29 is 23.6 Å². The van der Waals surface area contributed by atoms with Gasteiger partial charge in [0.15, 0.2) is 4.80 Å². The van der Waals surface area contributed by atoms with Crippen molar-refractivity contribution in [1.82, 2.24) is 4.57 Å². The Labute approximate surface area is 236 Å². The summed E-state index contributed by atoms with van der Waals surface area (Å²) in [5.41, 5.74) is 1.41. The summed E-state index contributed by atoms with van der Waals surface area (Å²) in [6.45, 7) is 3.61. The summed E-state index contributed by atoms with van der Waals surface area (Å²) in [7, 11) is 1.56. The molecule has 0 N–H and O–H groups in total. The number of methoxy groups -OCH3 is 1. The molecule has 0 unspecified atom stereocenters. The van der Waals surface area contributed by atoms with Gasteiger partial charge in [-0.25, -0.2) is 9.79 Å². The Bertz CT molecular complexity index is 1850. The maximum atomic E-state index is 13.7. The number of hydrogen-bond acceptors (Lipinski definition) is 9. The summed E-state index contributed by atoms with van der Waals surface area (Å²) in [5, 5.41) is 11.2. The second kappa shape index (κ2) is 10.9. The summed E-state index contributed by atoms with van der Waals surface area (Å²) >= 11 is 7.41. The number of carbonyl (C=O) groups excluding carboxylic acids is 1. The van der Waals surface area contributed by atoms with Crippen LogP contribution in [-0.4, -0.2) is 29.2 Å². The van der Waals surface area contributed by atoms with E-state index in [1.54, 1.807) is 63.4 Å². The number of nitro groups is 1. The Kier molecular flexibility index (Phi) is 7.42. The van der Waals surface area contributed by atoms with Crippen molar-refractivity contribution in [2.75, 3.05) is 13.7 Å². The van der Waals surface area contributed by atoms with Gasteiger partial charge in [0.1, 0.15) is 17.3 Å². The highest BCUT2D eigenvalue weighted by Gasteiger charge is 2.33. The smallest absolute Gasteiger partial charge is 0.338 e. The van der Waals surface area contributed by atoms with Gasteiger partial charge in [-0.05, 0) is 49.7 Å². The van der Waals surface area contributed by atoms with Crippen LogP contribution in [0.25, 0.3) is 17.4 Å². The molecule has 1 aliphatic heterocycles. The van der Waals surface area contributed by atoms with Gasteiger partial charge in [-0.2, -0.15) is 0 Å². The second-order valence-corrected chi connectivity index (χ2v) is 10.1. The molecule has 40 heavy (non-hydrogen) atoms. The fourth-order valence-corrected chi connectivity index (χ4v) is 5.71. The molecule has 0 aliphatic carbocycles. The summed E-state index contributed by atoms with van der Waals surface area (Å²) in [6, 6.07) is 13.8. The largest absolute Gasteiger partial charge is 0.497 e. The van der Waals surface area contributed by atoms with Crippen molar-refractivity contribution >= 4 is 40.7 Å². The van der Waals surface area contributed by atoms with Gasteiger partial charge in [-0.1, -0.05) is 35.1 Å². The van der Waals surface area contributed by atoms with Crippen LogP contribution in [0.15, 0.2) is 80.1 Å². The van der Waals surface area contributed by atoms with Crippen molar-refractivity contribution in [2.45, 2.75) is 19.9 Å². The minimum atomic E-state index is -0.755. The van der Waals surface area contributed by atoms with E-state index in [0.717, 1.165) is 11.3 Å². The Morgan fingerprint density at radius 3 is 2.62 bits per heavy atom. The lowest BCUT2D eigenvalue weighted by Gasteiger charge is -2.24. The third-order valence-electron chi connectivity index (χ3n) is 6.28. The molecule has 0 fully saturated rings. The lowest BCUT2D eigenvalue weighted by molar-refractivity contribution is -0.384. The number of esters is 1. The summed E-state index contributed by atoms with van der Waals surface area (Å²) in [5.74, 6) is 0.846. The number of aromatic nitrogens is 1. The van der Waals surface area contributed by atoms with Crippen LogP contribution in [0.5, 0.6) is 5.75 Å². The average molecular weight is 580 g/mol. The maximum Gasteiger partial charge on any atom is 0.338 e. The van der Waals surface area contributed by atoms with Gasteiger partial charge in [0.2, 0.25) is 0 Å². The molecule has 3 heterocycles. The van der Waals surface area contributed by atoms with Crippen molar-refractivity contribution in [3.63, 3.8) is 0 Å². The van der Waals surface area contributed by atoms with Crippen molar-refractivity contribution in [1.29, 1.82) is 0 Å². The predicted molar refractivity (Wildman–Crippen MR) is 149 cm³/mol. The van der Waals surface area contributed by atoms with E-state index in [1.165, 1.54) is 22.8 Å². The molecular weight excluding hydrogens is 558 g/mol. The summed E-state index contributed by atoms with van der Waals surface area (Å²) < 4.78 is 18.3. The number of rotatable bonds is 7. The van der Waals surface area contributed by atoms with E-state index in [-0.39, 0.29) is 28.4 Å². The van der Waals surface area contributed by atoms with Gasteiger partial charge in [0, 0.05) is 23.8 Å². The lowest BCUT2D eigenvalue weighted by Crippen LogP contribution is -2.39. The number of fused-ring (bicyclic) bond motifs is 1. The zero-order valence-corrected chi connectivity index (χ0v) is 23.1. The monoisotopic (exact) mass is 579 g/mol. The van der Waals surface area contributed by atoms with E-state index in [4.69, 9.17) is 25.5 Å². The molecule has 2 aromatic heterocycles. The average Bonchev–Trinajstić information content (AvgIpc) is 3.52. The predicted octanol–water partition coefficient (Wildman–Crippen LogP) is 4.63. The Hall–Kier alpha value is -4.48. The SMILES string of the molecule is CCOC(=O)C1=C(C)N=c2s/c(=C/c3ccc(-c4ccc([N+](=O)[O-])cc4Cl)o3)c(=O)n2[C@H]1c1ccc(OC)cc1. The highest BCUT2D eigenvalue weighted by atomic mass is 35.5. The topological polar surface area (TPSA) is 126 Å². The third kappa shape index (κ3) is 4.96. The van der Waals surface area contributed by atoms with E-state index in [9.17, 15) is 19.7 Å². The molecule has 0 radical (unpaired) electrons. The molecule has 5 rings (SSSR count). The van der Waals surface area contributed by atoms with Crippen LogP contribution in [-0.2, 0) is 9.53 Å². The minimum Gasteiger partial charge on any atom is -0.497 e. The quantitative estimate of drug-likeness (QED) is 0.177. The molecule has 0 amide bonds. The lowest BCUT2D eigenvalue weighted by atomic mass is 9.96. The van der Waals surface area contributed by atoms with Crippen molar-refractivity contribution in [3.8, 4) is 17.1 Å². The molecule has 204 valence electrons. The number of furan rings is 1. The molecule has 12 heteroatoms. The number of benzene rings is 2. The van der Waals surface area contributed by atoms with Crippen molar-refractivity contribution in [3.05, 3.63) is 112 Å². The number of non-ortho nitro benzene ring substituents is 1. The molecular formula is C28H22ClN3O7S. The molecule has 1 atom stereocenters. The van der Waals surface area contributed by atoms with Crippen LogP contribution in [0.3, 0.4) is 0 Å². The first-order chi connectivity index (χ1) is 19.2. The van der Waals surface area contributed by atoms with Crippen LogP contribution in [0.2, 0.25) is 5.02 Å². The number of ether oxygens (including phenoxy) is 2. The van der Waals surface area contributed by atoms with E-state index < -0.39 is 16.9 Å². The van der Waals surface area contributed by atoms with Crippen molar-refractivity contribution in [2.24, 2.45) is 4.99 Å². The normalized spacial score (nSPS) is 15.0. The number of carbonyl (C=O) groups is 1. The Balaban J connectivity index is 1.60. The molecule has 2 aromatic carbocycles. The molecule has 0 bridgehead atoms. The van der Waals surface area contributed by atoms with Gasteiger partial charge >= 0.3 is 5.97 Å². The number of hydrogen-bond donors (Lipinski definition) is 0. The molecule has 0 saturated heterocycles. The first-order valence-electron chi connectivity index (χ1n) is 12.1. The summed E-state index contributed by atoms with van der Waals surface area (Å²) in [6.07, 6.45) is 1.58. The number of allylic oxidation sites excluding steroid dienone is 1. The molecule has 4 aromatic rings. The molecule has 0 spiro atoms. The van der Waals surface area contributed by atoms with E-state index >= 15 is 0 Å². The zero-order chi connectivity index (χ0) is 28.6. The van der Waals surface area contributed by atoms with Crippen LogP contribution in [0, 0.1) is 10.1 Å². The van der Waals surface area contributed by atoms with Gasteiger partial charge in [0.05, 0.1) is 45.5 Å². The summed E-state index contributed by atoms with van der Waals surface area (Å²) in [4.78, 5) is 42.2. The third-order valence-corrected chi connectivity index (χ3v) is 7.57. The van der Waals surface area contributed by atoms with Gasteiger partial charge in [0.25, 0.3) is 11.2 Å². The van der Waals surface area contributed by atoms with Crippen LogP contribution < -0.4 is 19.6 Å². The Morgan fingerprint density at radius 1 is 1.23 bits per heavy atom. The standard InChI is InChI=1S/C28H22ClN3O7S/c1-4-38-27(34)24-15(2)30-28-31(25(24)16-5-8-18(37-3)9-6-16)26(33)23(40-28)14-19-10-12-22(39-19)20-11-7-17(32(35)36)13-21(20)29/h5-14,25H,4H2,1-3H3/b23-14+/t25-/m0/s1. The first-order valence-corrected chi connectivity index (χ1v) is 13.3. The maximum absolute atomic E-state index is 13.7. The highest BCUT2D eigenvalue weighted by Crippen LogP contribution is 2.33. The molecule has 10 nitrogen and oxygen atoms in total. The van der Waals surface area contributed by atoms with E-state index in [2.05, 4.69) is 4.99 Å². The minimum absolute atomic E-state index is 0.134. The number of halogens is 1. The fourth-order valence-electron chi connectivity index (χ4n) is 4.41. The van der Waals surface area contributed by atoms with Gasteiger partial charge in [-0.3, -0.25) is 19.5 Å². The van der Waals surface area contributed by atoms with Crippen LogP contribution in [0.1, 0.15) is 31.2 Å². The van der Waals surface area contributed by atoms with Gasteiger partial charge < -0.3 is 13.9 Å². The number of nitrogens with zero attached hydrogens (tertiary/aromatic N) is 3. The highest BCUT2D eigenvalue weighted by molar-refractivity contribution is 7.07. The number of nitro benzene ring substituents is 1. The van der Waals surface area contributed by atoms with E-state index in [1.807, 2.05) is 0 Å². The van der Waals surface area contributed by atoms with E-state index in [0.29, 0.717) is 43.4 Å². The molecule has 1 aliphatic rings.